The van der Waals surface area contributed by atoms with Crippen molar-refractivity contribution in [1.29, 1.82) is 5.26 Å². The number of nitrogens with one attached hydrogen (secondary N) is 1. The van der Waals surface area contributed by atoms with E-state index in [0.29, 0.717) is 17.1 Å². The maximum Gasteiger partial charge on any atom is 0.149 e. The average molecular weight is 299 g/mol. The van der Waals surface area contributed by atoms with Crippen molar-refractivity contribution in [3.63, 3.8) is 0 Å². The van der Waals surface area contributed by atoms with Crippen LogP contribution in [0.4, 0.5) is 0 Å². The molecule has 0 atom stereocenters. The highest BCUT2D eigenvalue weighted by Gasteiger charge is 2.07. The fourth-order valence-electron chi connectivity index (χ4n) is 2.19. The third kappa shape index (κ3) is 3.23. The molecule has 0 spiro atoms. The van der Waals surface area contributed by atoms with Gasteiger partial charge in [0.25, 0.3) is 0 Å². The second kappa shape index (κ2) is 6.51. The monoisotopic (exact) mass is 299 g/mol. The zero-order valence-corrected chi connectivity index (χ0v) is 12.3. The number of hydrogen-bond acceptors (Lipinski definition) is 3. The molecule has 1 heterocycles. The molecular formula is C19H13N3O. The summed E-state index contributed by atoms with van der Waals surface area (Å²) in [6.07, 6.45) is 6.94. The van der Waals surface area contributed by atoms with Gasteiger partial charge < -0.3 is 9.72 Å². The normalized spacial score (nSPS) is 11.0. The lowest BCUT2D eigenvalue weighted by Crippen LogP contribution is -1.92. The van der Waals surface area contributed by atoms with Crippen LogP contribution in [0.2, 0.25) is 0 Å². The second-order valence-corrected chi connectivity index (χ2v) is 4.83. The zero-order chi connectivity index (χ0) is 16.1. The molecule has 0 unspecified atom stereocenters. The van der Waals surface area contributed by atoms with Crippen LogP contribution in [0.1, 0.15) is 11.4 Å². The van der Waals surface area contributed by atoms with E-state index < -0.39 is 0 Å². The summed E-state index contributed by atoms with van der Waals surface area (Å²) in [7, 11) is 0. The van der Waals surface area contributed by atoms with Crippen molar-refractivity contribution in [2.45, 2.75) is 0 Å². The van der Waals surface area contributed by atoms with E-state index in [1.807, 2.05) is 48.5 Å². The number of fused-ring (bicyclic) bond motifs is 1. The number of para-hydroxylation sites is 2. The average Bonchev–Trinajstić information content (AvgIpc) is 3.02. The van der Waals surface area contributed by atoms with Crippen LogP contribution in [-0.4, -0.2) is 16.6 Å². The van der Waals surface area contributed by atoms with E-state index in [-0.39, 0.29) is 6.61 Å². The number of H-pyrrole nitrogens is 1. The van der Waals surface area contributed by atoms with E-state index in [0.717, 1.165) is 16.6 Å². The Labute approximate surface area is 134 Å². The summed E-state index contributed by atoms with van der Waals surface area (Å²) in [4.78, 5) is 7.60. The van der Waals surface area contributed by atoms with Gasteiger partial charge in [0.15, 0.2) is 0 Å². The molecule has 4 heteroatoms. The van der Waals surface area contributed by atoms with Crippen LogP contribution in [0.3, 0.4) is 0 Å². The summed E-state index contributed by atoms with van der Waals surface area (Å²) in [5, 5.41) is 9.41. The maximum atomic E-state index is 9.41. The molecule has 0 saturated heterocycles. The molecule has 110 valence electrons. The van der Waals surface area contributed by atoms with Crippen molar-refractivity contribution >= 4 is 22.7 Å². The van der Waals surface area contributed by atoms with Gasteiger partial charge in [-0.1, -0.05) is 30.2 Å². The Balaban J connectivity index is 1.89. The minimum Gasteiger partial charge on any atom is -0.481 e. The van der Waals surface area contributed by atoms with Crippen LogP contribution in [0.5, 0.6) is 5.75 Å². The first-order valence-electron chi connectivity index (χ1n) is 7.03. The van der Waals surface area contributed by atoms with Gasteiger partial charge in [0.2, 0.25) is 0 Å². The number of imidazole rings is 1. The van der Waals surface area contributed by atoms with Gasteiger partial charge in [-0.25, -0.2) is 4.98 Å². The first-order chi connectivity index (χ1) is 11.3. The van der Waals surface area contributed by atoms with Gasteiger partial charge >= 0.3 is 0 Å². The van der Waals surface area contributed by atoms with Crippen molar-refractivity contribution in [2.75, 3.05) is 6.61 Å². The Morgan fingerprint density at radius 2 is 2.00 bits per heavy atom. The van der Waals surface area contributed by atoms with Crippen LogP contribution < -0.4 is 4.74 Å². The smallest absolute Gasteiger partial charge is 0.149 e. The summed E-state index contributed by atoms with van der Waals surface area (Å²) in [5.41, 5.74) is 3.09. The van der Waals surface area contributed by atoms with Crippen molar-refractivity contribution in [1.82, 2.24) is 9.97 Å². The van der Waals surface area contributed by atoms with Gasteiger partial charge in [-0.05, 0) is 35.9 Å². The van der Waals surface area contributed by atoms with Crippen molar-refractivity contribution in [3.8, 4) is 24.2 Å². The molecule has 2 aromatic carbocycles. The minimum absolute atomic E-state index is 0.234. The number of rotatable bonds is 4. The number of nitrogens with zero attached hydrogens (tertiary/aromatic N) is 2. The highest BCUT2D eigenvalue weighted by atomic mass is 16.5. The SMILES string of the molecule is C#CCOc1ccc(/C=C(/C#N)c2nc3ccccc3[nH]2)cc1. The molecule has 23 heavy (non-hydrogen) atoms. The Bertz CT molecular complexity index is 904. The molecule has 4 nitrogen and oxygen atoms in total. The minimum atomic E-state index is 0.234. The molecule has 1 N–H and O–H groups in total. The molecule has 0 bridgehead atoms. The Morgan fingerprint density at radius 3 is 2.70 bits per heavy atom. The summed E-state index contributed by atoms with van der Waals surface area (Å²) in [5.74, 6) is 3.67. The standard InChI is InChI=1S/C19H13N3O/c1-2-11-23-16-9-7-14(8-10-16)12-15(13-20)19-21-17-5-3-4-6-18(17)22-19/h1,3-10,12H,11H2,(H,21,22)/b15-12-. The molecule has 0 saturated carbocycles. The number of nitriles is 1. The molecule has 0 radical (unpaired) electrons. The molecule has 0 fully saturated rings. The molecular weight excluding hydrogens is 286 g/mol. The lowest BCUT2D eigenvalue weighted by atomic mass is 10.1. The van der Waals surface area contributed by atoms with Gasteiger partial charge in [0.05, 0.1) is 16.6 Å². The van der Waals surface area contributed by atoms with Crippen molar-refractivity contribution in [2.24, 2.45) is 0 Å². The first-order valence-corrected chi connectivity index (χ1v) is 7.03. The van der Waals surface area contributed by atoms with Crippen molar-refractivity contribution < 1.29 is 4.74 Å². The molecule has 3 rings (SSSR count). The summed E-state index contributed by atoms with van der Waals surface area (Å²) >= 11 is 0. The summed E-state index contributed by atoms with van der Waals surface area (Å²) < 4.78 is 5.33. The Morgan fingerprint density at radius 1 is 1.22 bits per heavy atom. The highest BCUT2D eigenvalue weighted by molar-refractivity contribution is 5.90. The number of ether oxygens (including phenoxy) is 1. The third-order valence-electron chi connectivity index (χ3n) is 3.28. The Kier molecular flexibility index (Phi) is 4.09. The van der Waals surface area contributed by atoms with E-state index in [1.165, 1.54) is 0 Å². The highest BCUT2D eigenvalue weighted by Crippen LogP contribution is 2.20. The summed E-state index contributed by atoms with van der Waals surface area (Å²) in [6.45, 7) is 0.234. The molecule has 0 aliphatic rings. The largest absolute Gasteiger partial charge is 0.481 e. The molecule has 3 aromatic rings. The van der Waals surface area contributed by atoms with E-state index in [4.69, 9.17) is 11.2 Å². The van der Waals surface area contributed by atoms with Gasteiger partial charge in [-0.3, -0.25) is 0 Å². The quantitative estimate of drug-likeness (QED) is 0.591. The number of benzene rings is 2. The van der Waals surface area contributed by atoms with Crippen LogP contribution >= 0.6 is 0 Å². The van der Waals surface area contributed by atoms with Gasteiger partial charge in [-0.2, -0.15) is 5.26 Å². The molecule has 0 amide bonds. The van der Waals surface area contributed by atoms with Crippen LogP contribution in [0, 0.1) is 23.7 Å². The van der Waals surface area contributed by atoms with Crippen LogP contribution in [0.15, 0.2) is 48.5 Å². The summed E-state index contributed by atoms with van der Waals surface area (Å²) in [6, 6.07) is 17.2. The second-order valence-electron chi connectivity index (χ2n) is 4.83. The predicted octanol–water partition coefficient (Wildman–Crippen LogP) is 3.64. The lowest BCUT2D eigenvalue weighted by molar-refractivity contribution is 0.370. The number of aromatic amines is 1. The number of aromatic nitrogens is 2. The maximum absolute atomic E-state index is 9.41. The fraction of sp³-hybridized carbons (Fsp3) is 0.0526. The molecule has 0 aliphatic heterocycles. The van der Waals surface area contributed by atoms with E-state index in [1.54, 1.807) is 6.08 Å². The number of allylic oxidation sites excluding steroid dienone is 1. The zero-order valence-electron chi connectivity index (χ0n) is 12.3. The number of terminal acetylenes is 1. The first kappa shape index (κ1) is 14.4. The topological polar surface area (TPSA) is 61.7 Å². The van der Waals surface area contributed by atoms with Crippen LogP contribution in [0.25, 0.3) is 22.7 Å². The van der Waals surface area contributed by atoms with Crippen molar-refractivity contribution in [3.05, 3.63) is 59.9 Å². The van der Waals surface area contributed by atoms with E-state index in [9.17, 15) is 5.26 Å². The van der Waals surface area contributed by atoms with Gasteiger partial charge in [0, 0.05) is 0 Å². The molecule has 1 aromatic heterocycles. The van der Waals surface area contributed by atoms with Gasteiger partial charge in [-0.15, -0.1) is 6.42 Å². The number of hydrogen-bond donors (Lipinski definition) is 1. The van der Waals surface area contributed by atoms with E-state index in [2.05, 4.69) is 22.0 Å². The molecule has 0 aliphatic carbocycles. The Hall–Kier alpha value is -3.50. The fourth-order valence-corrected chi connectivity index (χ4v) is 2.19. The third-order valence-corrected chi connectivity index (χ3v) is 3.28. The van der Waals surface area contributed by atoms with E-state index >= 15 is 0 Å². The predicted molar refractivity (Wildman–Crippen MR) is 90.3 cm³/mol. The lowest BCUT2D eigenvalue weighted by Gasteiger charge is -2.02. The van der Waals surface area contributed by atoms with Gasteiger partial charge in [0.1, 0.15) is 24.3 Å². The van der Waals surface area contributed by atoms with Crippen LogP contribution in [-0.2, 0) is 0 Å².